The number of nitrogens with one attached hydrogen (secondary N) is 1. The molecule has 73 heavy (non-hydrogen) atoms. The number of nitrogens with zero attached hydrogens (tertiary/aromatic N) is 1. The van der Waals surface area contributed by atoms with E-state index in [1.165, 1.54) is 193 Å². The summed E-state index contributed by atoms with van der Waals surface area (Å²) in [6.45, 7) is 4.54. The van der Waals surface area contributed by atoms with Crippen molar-refractivity contribution in [2.24, 2.45) is 0 Å². The lowest BCUT2D eigenvalue weighted by molar-refractivity contribution is -0.870. The molecule has 0 bridgehead atoms. The average molecular weight is 1040 g/mol. The maximum atomic E-state index is 13.0. The van der Waals surface area contributed by atoms with Crippen molar-refractivity contribution in [3.05, 3.63) is 72.9 Å². The van der Waals surface area contributed by atoms with Crippen LogP contribution in [0.4, 0.5) is 0 Å². The zero-order valence-electron chi connectivity index (χ0n) is 48.6. The van der Waals surface area contributed by atoms with E-state index in [1.54, 1.807) is 6.08 Å². The number of carbonyl (C=O) groups excluding carboxylic acids is 1. The summed E-state index contributed by atoms with van der Waals surface area (Å²) in [7, 11) is 1.25. The van der Waals surface area contributed by atoms with Crippen molar-refractivity contribution in [3.63, 3.8) is 0 Å². The summed E-state index contributed by atoms with van der Waals surface area (Å²) in [5, 5.41) is 13.9. The fourth-order valence-electron chi connectivity index (χ4n) is 8.87. The normalized spacial score (nSPS) is 14.3. The summed E-state index contributed by atoms with van der Waals surface area (Å²) < 4.78 is 23.4. The van der Waals surface area contributed by atoms with Gasteiger partial charge in [0.2, 0.25) is 5.91 Å². The molecule has 0 aliphatic carbocycles. The Morgan fingerprint density at radius 3 is 1.27 bits per heavy atom. The number of aliphatic hydroxyl groups excluding tert-OH is 1. The van der Waals surface area contributed by atoms with E-state index in [0.29, 0.717) is 17.4 Å². The Bertz CT molecular complexity index is 1420. The Morgan fingerprint density at radius 2 is 0.849 bits per heavy atom. The van der Waals surface area contributed by atoms with Crippen LogP contribution < -0.4 is 10.2 Å². The Balaban J connectivity index is 4.08. The van der Waals surface area contributed by atoms with E-state index in [-0.39, 0.29) is 12.5 Å². The van der Waals surface area contributed by atoms with Crippen molar-refractivity contribution in [2.45, 2.75) is 289 Å². The SMILES string of the molecule is CC/C=C\C/C=C\C/C=C\C/C=C\CCCCCCCCCCCCCCCCCCCCCCC(=O)NC(COP(=O)([O-])OCC[N+](C)(C)C)C(O)/C=C/CC/C=C/CCCCCCCCCCCCCC. The van der Waals surface area contributed by atoms with E-state index >= 15 is 0 Å². The van der Waals surface area contributed by atoms with E-state index in [4.69, 9.17) is 9.05 Å². The average Bonchev–Trinajstić information content (AvgIpc) is 3.35. The van der Waals surface area contributed by atoms with Crippen molar-refractivity contribution in [2.75, 3.05) is 40.9 Å². The van der Waals surface area contributed by atoms with Gasteiger partial charge in [0.1, 0.15) is 13.2 Å². The predicted octanol–water partition coefficient (Wildman–Crippen LogP) is 18.4. The van der Waals surface area contributed by atoms with Gasteiger partial charge in [0.15, 0.2) is 0 Å². The van der Waals surface area contributed by atoms with Crippen LogP contribution in [0.2, 0.25) is 0 Å². The first-order chi connectivity index (χ1) is 35.5. The molecule has 0 heterocycles. The molecular weight excluding hydrogens is 924 g/mol. The molecule has 0 aliphatic rings. The summed E-state index contributed by atoms with van der Waals surface area (Å²) in [4.78, 5) is 25.5. The molecule has 0 aromatic carbocycles. The number of aliphatic hydroxyl groups is 1. The van der Waals surface area contributed by atoms with Crippen LogP contribution in [-0.2, 0) is 18.4 Å². The first-order valence-electron chi connectivity index (χ1n) is 30.8. The van der Waals surface area contributed by atoms with E-state index in [0.717, 1.165) is 64.2 Å². The zero-order valence-corrected chi connectivity index (χ0v) is 49.5. The van der Waals surface area contributed by atoms with Crippen molar-refractivity contribution in [1.29, 1.82) is 0 Å². The number of amides is 1. The number of likely N-dealkylation sites (N-methyl/N-ethyl adjacent to an activating group) is 1. The molecule has 1 amide bonds. The summed E-state index contributed by atoms with van der Waals surface area (Å²) in [6.07, 6.45) is 75.7. The Labute approximate surface area is 453 Å². The Morgan fingerprint density at radius 1 is 0.493 bits per heavy atom. The summed E-state index contributed by atoms with van der Waals surface area (Å²) in [5.74, 6) is -0.205. The van der Waals surface area contributed by atoms with E-state index in [9.17, 15) is 19.4 Å². The monoisotopic (exact) mass is 1040 g/mol. The quantitative estimate of drug-likeness (QED) is 0.0272. The molecule has 426 valence electrons. The van der Waals surface area contributed by atoms with Gasteiger partial charge in [-0.15, -0.1) is 0 Å². The van der Waals surface area contributed by atoms with Crippen LogP contribution >= 0.6 is 7.82 Å². The van der Waals surface area contributed by atoms with Crippen LogP contribution in [0.1, 0.15) is 277 Å². The third-order valence-corrected chi connectivity index (χ3v) is 14.6. The predicted molar refractivity (Wildman–Crippen MR) is 316 cm³/mol. The van der Waals surface area contributed by atoms with Crippen molar-refractivity contribution in [3.8, 4) is 0 Å². The molecule has 0 fully saturated rings. The summed E-state index contributed by atoms with van der Waals surface area (Å²) >= 11 is 0. The summed E-state index contributed by atoms with van der Waals surface area (Å²) in [6, 6.07) is -0.905. The highest BCUT2D eigenvalue weighted by Crippen LogP contribution is 2.38. The highest BCUT2D eigenvalue weighted by molar-refractivity contribution is 7.45. The van der Waals surface area contributed by atoms with Crippen molar-refractivity contribution < 1.29 is 32.9 Å². The third-order valence-electron chi connectivity index (χ3n) is 13.7. The fraction of sp³-hybridized carbons (Fsp3) is 0.797. The van der Waals surface area contributed by atoms with Crippen molar-refractivity contribution in [1.82, 2.24) is 5.32 Å². The Hall–Kier alpha value is -2.06. The van der Waals surface area contributed by atoms with Gasteiger partial charge >= 0.3 is 0 Å². The third kappa shape index (κ3) is 57.5. The van der Waals surface area contributed by atoms with Crippen LogP contribution in [0.15, 0.2) is 72.9 Å². The number of quaternary nitrogens is 1. The second-order valence-corrected chi connectivity index (χ2v) is 23.4. The van der Waals surface area contributed by atoms with Gasteiger partial charge in [-0.05, 0) is 70.6 Å². The molecule has 3 unspecified atom stereocenters. The number of unbranched alkanes of at least 4 members (excludes halogenated alkanes) is 33. The van der Waals surface area contributed by atoms with Crippen LogP contribution in [0.3, 0.4) is 0 Å². The van der Waals surface area contributed by atoms with Gasteiger partial charge in [0.25, 0.3) is 7.82 Å². The van der Waals surface area contributed by atoms with Gasteiger partial charge in [0.05, 0.1) is 39.9 Å². The lowest BCUT2D eigenvalue weighted by atomic mass is 10.0. The number of hydrogen-bond donors (Lipinski definition) is 2. The minimum absolute atomic E-state index is 0.00683. The second kappa shape index (κ2) is 54.7. The molecule has 0 aromatic rings. The second-order valence-electron chi connectivity index (χ2n) is 22.0. The molecule has 9 heteroatoms. The molecule has 0 saturated heterocycles. The molecule has 0 aliphatic heterocycles. The van der Waals surface area contributed by atoms with Crippen LogP contribution in [0.25, 0.3) is 0 Å². The van der Waals surface area contributed by atoms with Gasteiger partial charge in [-0.1, -0.05) is 273 Å². The number of rotatable bonds is 56. The number of phosphoric acid groups is 1. The number of carbonyl (C=O) groups is 1. The molecule has 2 N–H and O–H groups in total. The van der Waals surface area contributed by atoms with Crippen LogP contribution in [-0.4, -0.2) is 68.5 Å². The van der Waals surface area contributed by atoms with E-state index < -0.39 is 26.6 Å². The minimum Gasteiger partial charge on any atom is -0.756 e. The lowest BCUT2D eigenvalue weighted by Crippen LogP contribution is -2.45. The number of allylic oxidation sites excluding steroid dienone is 11. The molecule has 0 saturated carbocycles. The lowest BCUT2D eigenvalue weighted by Gasteiger charge is -2.29. The topological polar surface area (TPSA) is 108 Å². The van der Waals surface area contributed by atoms with Crippen LogP contribution in [0, 0.1) is 0 Å². The molecular formula is C64H119N2O6P. The number of phosphoric ester groups is 1. The summed E-state index contributed by atoms with van der Waals surface area (Å²) in [5.41, 5.74) is 0. The molecule has 0 radical (unpaired) electrons. The molecule has 0 spiro atoms. The standard InChI is InChI=1S/C64H119N2O6P/c1-6-8-10-12-14-16-18-20-22-24-26-27-28-29-30-31-32-33-34-35-36-37-38-39-40-42-44-46-48-50-52-54-56-58-64(68)65-62(61-72-73(69,70)71-60-59-66(3,4)5)63(67)57-55-53-51-49-47-45-43-41-25-23-21-19-17-15-13-11-9-7-2/h8,10,14,16,20,22,26-27,47,49,55,57,62-63,67H,6-7,9,11-13,15,17-19,21,23-25,28-46,48,50-54,56,58-61H2,1-5H3,(H-,65,68,69,70)/b10-8-,16-14-,22-20-,27-26-,49-47+,57-55+. The van der Waals surface area contributed by atoms with E-state index in [2.05, 4.69) is 79.9 Å². The van der Waals surface area contributed by atoms with E-state index in [1.807, 2.05) is 27.2 Å². The molecule has 3 atom stereocenters. The maximum absolute atomic E-state index is 13.0. The van der Waals surface area contributed by atoms with Crippen molar-refractivity contribution >= 4 is 13.7 Å². The highest BCUT2D eigenvalue weighted by atomic mass is 31.2. The first kappa shape index (κ1) is 70.9. The van der Waals surface area contributed by atoms with Gasteiger partial charge in [-0.2, -0.15) is 0 Å². The minimum atomic E-state index is -4.61. The number of hydrogen-bond acceptors (Lipinski definition) is 6. The Kier molecular flexibility index (Phi) is 53.2. The highest BCUT2D eigenvalue weighted by Gasteiger charge is 2.23. The fourth-order valence-corrected chi connectivity index (χ4v) is 9.59. The van der Waals surface area contributed by atoms with Gasteiger partial charge in [-0.3, -0.25) is 9.36 Å². The van der Waals surface area contributed by atoms with Gasteiger partial charge in [0, 0.05) is 6.42 Å². The molecule has 0 aromatic heterocycles. The van der Waals surface area contributed by atoms with Crippen LogP contribution in [0.5, 0.6) is 0 Å². The van der Waals surface area contributed by atoms with Gasteiger partial charge < -0.3 is 28.8 Å². The largest absolute Gasteiger partial charge is 0.756 e. The smallest absolute Gasteiger partial charge is 0.268 e. The zero-order chi connectivity index (χ0) is 53.5. The molecule has 8 nitrogen and oxygen atoms in total. The maximum Gasteiger partial charge on any atom is 0.268 e. The first-order valence-corrected chi connectivity index (χ1v) is 32.3. The van der Waals surface area contributed by atoms with Gasteiger partial charge in [-0.25, -0.2) is 0 Å². The molecule has 0 rings (SSSR count).